The number of hydrogen-bond acceptors (Lipinski definition) is 4. The van der Waals surface area contributed by atoms with Gasteiger partial charge in [0.2, 0.25) is 0 Å². The van der Waals surface area contributed by atoms with Crippen LogP contribution in [0.5, 0.6) is 0 Å². The van der Waals surface area contributed by atoms with Gasteiger partial charge in [0, 0.05) is 5.75 Å². The van der Waals surface area contributed by atoms with Gasteiger partial charge in [-0.25, -0.2) is 4.98 Å². The first-order valence-electron chi connectivity index (χ1n) is 4.67. The molecule has 0 atom stereocenters. The van der Waals surface area contributed by atoms with Gasteiger partial charge in [-0.3, -0.25) is 4.79 Å². The monoisotopic (exact) mass is 307 g/mol. The van der Waals surface area contributed by atoms with E-state index in [4.69, 9.17) is 28.3 Å². The first-order valence-corrected chi connectivity index (χ1v) is 7.23. The molecule has 1 heterocycles. The van der Waals surface area contributed by atoms with E-state index in [0.29, 0.717) is 21.3 Å². The molecule has 2 rings (SSSR count). The van der Waals surface area contributed by atoms with Crippen molar-refractivity contribution in [3.63, 3.8) is 0 Å². The first-order chi connectivity index (χ1) is 8.08. The van der Waals surface area contributed by atoms with E-state index >= 15 is 0 Å². The molecule has 1 N–H and O–H groups in total. The van der Waals surface area contributed by atoms with Crippen LogP contribution in [-0.2, 0) is 4.79 Å². The fourth-order valence-corrected chi connectivity index (χ4v) is 3.69. The quantitative estimate of drug-likeness (QED) is 0.861. The molecule has 90 valence electrons. The summed E-state index contributed by atoms with van der Waals surface area (Å²) in [5, 5.41) is 9.47. The van der Waals surface area contributed by atoms with Crippen LogP contribution in [0, 0.1) is 0 Å². The zero-order valence-electron chi connectivity index (χ0n) is 8.44. The number of aromatic nitrogens is 1. The highest BCUT2D eigenvalue weighted by Gasteiger charge is 2.10. The highest BCUT2D eigenvalue weighted by atomic mass is 35.5. The zero-order chi connectivity index (χ0) is 12.4. The summed E-state index contributed by atoms with van der Waals surface area (Å²) in [6.07, 6.45) is 0.120. The van der Waals surface area contributed by atoms with Crippen molar-refractivity contribution in [3.05, 3.63) is 22.2 Å². The molecule has 0 spiro atoms. The summed E-state index contributed by atoms with van der Waals surface area (Å²) in [4.78, 5) is 14.7. The van der Waals surface area contributed by atoms with E-state index in [0.717, 1.165) is 9.04 Å². The topological polar surface area (TPSA) is 50.2 Å². The Bertz CT molecular complexity index is 571. The largest absolute Gasteiger partial charge is 0.481 e. The van der Waals surface area contributed by atoms with Crippen LogP contribution >= 0.6 is 46.3 Å². The third kappa shape index (κ3) is 3.04. The van der Waals surface area contributed by atoms with E-state index < -0.39 is 5.97 Å². The van der Waals surface area contributed by atoms with Gasteiger partial charge in [-0.05, 0) is 12.1 Å². The second-order valence-electron chi connectivity index (χ2n) is 3.18. The third-order valence-corrected chi connectivity index (χ3v) is 4.93. The van der Waals surface area contributed by atoms with E-state index in [1.807, 2.05) is 6.07 Å². The number of carboxylic acids is 1. The van der Waals surface area contributed by atoms with Crippen LogP contribution in [0.4, 0.5) is 0 Å². The van der Waals surface area contributed by atoms with Gasteiger partial charge < -0.3 is 5.11 Å². The lowest BCUT2D eigenvalue weighted by Gasteiger charge is -1.94. The molecule has 1 aromatic carbocycles. The number of aliphatic carboxylic acids is 1. The molecule has 17 heavy (non-hydrogen) atoms. The van der Waals surface area contributed by atoms with Crippen molar-refractivity contribution in [2.24, 2.45) is 0 Å². The van der Waals surface area contributed by atoms with Crippen molar-refractivity contribution >= 4 is 62.5 Å². The molecule has 0 aliphatic carbocycles. The van der Waals surface area contributed by atoms with Crippen LogP contribution in [0.2, 0.25) is 10.0 Å². The Hall–Kier alpha value is -0.490. The number of carbonyl (C=O) groups is 1. The van der Waals surface area contributed by atoms with Gasteiger partial charge >= 0.3 is 5.97 Å². The molecule has 0 unspecified atom stereocenters. The molecule has 2 aromatic rings. The van der Waals surface area contributed by atoms with Gasteiger partial charge in [-0.2, -0.15) is 0 Å². The summed E-state index contributed by atoms with van der Waals surface area (Å²) < 4.78 is 1.77. The molecule has 3 nitrogen and oxygen atoms in total. The maximum atomic E-state index is 10.4. The van der Waals surface area contributed by atoms with Crippen LogP contribution in [-0.4, -0.2) is 21.8 Å². The van der Waals surface area contributed by atoms with Crippen LogP contribution in [0.15, 0.2) is 16.5 Å². The van der Waals surface area contributed by atoms with Crippen LogP contribution in [0.25, 0.3) is 10.2 Å². The lowest BCUT2D eigenvalue weighted by atomic mass is 10.3. The molecule has 1 aromatic heterocycles. The minimum Gasteiger partial charge on any atom is -0.481 e. The number of halogens is 2. The standard InChI is InChI=1S/C10H7Cl2NO2S2/c11-5-1-2-6-9(8(5)12)13-10(17-6)16-4-3-7(14)15/h1-2H,3-4H2,(H,14,15). The van der Waals surface area contributed by atoms with Crippen molar-refractivity contribution in [3.8, 4) is 0 Å². The minimum atomic E-state index is -0.806. The SMILES string of the molecule is O=C(O)CCSc1nc2c(Cl)c(Cl)ccc2s1. The van der Waals surface area contributed by atoms with E-state index in [9.17, 15) is 4.79 Å². The summed E-state index contributed by atoms with van der Waals surface area (Å²) in [5.41, 5.74) is 0.682. The van der Waals surface area contributed by atoms with Crippen molar-refractivity contribution in [2.45, 2.75) is 10.8 Å². The molecule has 0 amide bonds. The number of fused-ring (bicyclic) bond motifs is 1. The smallest absolute Gasteiger partial charge is 0.304 e. The van der Waals surface area contributed by atoms with Crippen molar-refractivity contribution in [1.29, 1.82) is 0 Å². The summed E-state index contributed by atoms with van der Waals surface area (Å²) in [6.45, 7) is 0. The van der Waals surface area contributed by atoms with Crippen molar-refractivity contribution in [2.75, 3.05) is 5.75 Å². The number of benzene rings is 1. The molecule has 0 aliphatic heterocycles. The molecular formula is C10H7Cl2NO2S2. The predicted octanol–water partition coefficient (Wildman–Crippen LogP) is 4.17. The summed E-state index contributed by atoms with van der Waals surface area (Å²) in [7, 11) is 0. The molecular weight excluding hydrogens is 301 g/mol. The van der Waals surface area contributed by atoms with Crippen LogP contribution in [0.1, 0.15) is 6.42 Å². The number of nitrogens with zero attached hydrogens (tertiary/aromatic N) is 1. The molecule has 0 radical (unpaired) electrons. The molecule has 7 heteroatoms. The molecule has 0 saturated carbocycles. The maximum Gasteiger partial charge on any atom is 0.304 e. The maximum absolute atomic E-state index is 10.4. The number of carboxylic acid groups (broad SMARTS) is 1. The summed E-state index contributed by atoms with van der Waals surface area (Å²) in [5.74, 6) is -0.305. The number of thioether (sulfide) groups is 1. The Balaban J connectivity index is 2.20. The van der Waals surface area contributed by atoms with Gasteiger partial charge in [0.1, 0.15) is 5.52 Å². The van der Waals surface area contributed by atoms with Crippen LogP contribution < -0.4 is 0 Å². The number of hydrogen-bond donors (Lipinski definition) is 1. The van der Waals surface area contributed by atoms with Crippen molar-refractivity contribution < 1.29 is 9.90 Å². The van der Waals surface area contributed by atoms with E-state index in [2.05, 4.69) is 4.98 Å². The average molecular weight is 308 g/mol. The lowest BCUT2D eigenvalue weighted by molar-refractivity contribution is -0.136. The minimum absolute atomic E-state index is 0.120. The second kappa shape index (κ2) is 5.44. The molecule has 0 saturated heterocycles. The fourth-order valence-electron chi connectivity index (χ4n) is 1.20. The fraction of sp³-hybridized carbons (Fsp3) is 0.200. The summed E-state index contributed by atoms with van der Waals surface area (Å²) in [6, 6.07) is 3.60. The Morgan fingerprint density at radius 1 is 1.47 bits per heavy atom. The molecule has 0 aliphatic rings. The highest BCUT2D eigenvalue weighted by Crippen LogP contribution is 2.36. The molecule has 0 bridgehead atoms. The van der Waals surface area contributed by atoms with Gasteiger partial charge in [-0.1, -0.05) is 35.0 Å². The first kappa shape index (κ1) is 13.0. The van der Waals surface area contributed by atoms with E-state index in [1.165, 1.54) is 23.1 Å². The number of thiazole rings is 1. The van der Waals surface area contributed by atoms with Gasteiger partial charge in [0.05, 0.1) is 21.2 Å². The van der Waals surface area contributed by atoms with Gasteiger partial charge in [0.25, 0.3) is 0 Å². The lowest BCUT2D eigenvalue weighted by Crippen LogP contribution is -1.95. The Morgan fingerprint density at radius 2 is 2.24 bits per heavy atom. The average Bonchev–Trinajstić information content (AvgIpc) is 2.67. The van der Waals surface area contributed by atoms with Gasteiger partial charge in [0.15, 0.2) is 4.34 Å². The van der Waals surface area contributed by atoms with E-state index in [1.54, 1.807) is 6.07 Å². The normalized spacial score (nSPS) is 10.9. The Kier molecular flexibility index (Phi) is 4.14. The number of rotatable bonds is 4. The molecule has 0 fully saturated rings. The summed E-state index contributed by atoms with van der Waals surface area (Å²) >= 11 is 14.8. The third-order valence-electron chi connectivity index (χ3n) is 1.97. The van der Waals surface area contributed by atoms with Gasteiger partial charge in [-0.15, -0.1) is 11.3 Å². The zero-order valence-corrected chi connectivity index (χ0v) is 11.6. The van der Waals surface area contributed by atoms with Crippen LogP contribution in [0.3, 0.4) is 0 Å². The second-order valence-corrected chi connectivity index (χ2v) is 6.34. The van der Waals surface area contributed by atoms with Crippen molar-refractivity contribution in [1.82, 2.24) is 4.98 Å². The highest BCUT2D eigenvalue weighted by molar-refractivity contribution is 8.01. The Morgan fingerprint density at radius 3 is 2.94 bits per heavy atom. The predicted molar refractivity (Wildman–Crippen MR) is 72.6 cm³/mol. The van der Waals surface area contributed by atoms with E-state index in [-0.39, 0.29) is 6.42 Å². The Labute approximate surface area is 116 Å².